The summed E-state index contributed by atoms with van der Waals surface area (Å²) in [5, 5.41) is 0. The van der Waals surface area contributed by atoms with E-state index in [9.17, 15) is 9.59 Å². The summed E-state index contributed by atoms with van der Waals surface area (Å²) in [7, 11) is 2.05. The van der Waals surface area contributed by atoms with Crippen LogP contribution in [-0.4, -0.2) is 60.4 Å². The molecule has 6 heteroatoms. The molecule has 2 amide bonds. The van der Waals surface area contributed by atoms with E-state index in [1.807, 2.05) is 0 Å². The topological polar surface area (TPSA) is 92.7 Å². The van der Waals surface area contributed by atoms with Crippen molar-refractivity contribution < 1.29 is 9.59 Å². The van der Waals surface area contributed by atoms with Gasteiger partial charge in [-0.05, 0) is 13.5 Å². The zero-order chi connectivity index (χ0) is 13.0. The second kappa shape index (κ2) is 5.97. The smallest absolute Gasteiger partial charge is 0.240 e. The van der Waals surface area contributed by atoms with Crippen LogP contribution in [0.15, 0.2) is 0 Å². The minimum Gasteiger partial charge on any atom is -0.370 e. The molecule has 17 heavy (non-hydrogen) atoms. The van der Waals surface area contributed by atoms with E-state index in [0.717, 1.165) is 13.0 Å². The Balaban J connectivity index is 2.55. The number of rotatable bonds is 4. The third kappa shape index (κ3) is 3.67. The van der Waals surface area contributed by atoms with Crippen LogP contribution in [0.1, 0.15) is 19.8 Å². The van der Waals surface area contributed by atoms with Gasteiger partial charge in [0.2, 0.25) is 11.8 Å². The Morgan fingerprint density at radius 3 is 2.59 bits per heavy atom. The summed E-state index contributed by atoms with van der Waals surface area (Å²) in [4.78, 5) is 26.7. The second-order valence-electron chi connectivity index (χ2n) is 4.60. The molecule has 6 nitrogen and oxygen atoms in total. The summed E-state index contributed by atoms with van der Waals surface area (Å²) < 4.78 is 0. The number of hydrogen-bond donors (Lipinski definition) is 2. The van der Waals surface area contributed by atoms with Gasteiger partial charge in [0.15, 0.2) is 0 Å². The van der Waals surface area contributed by atoms with E-state index >= 15 is 0 Å². The number of likely N-dealkylation sites (N-methyl/N-ethyl adjacent to an activating group) is 1. The van der Waals surface area contributed by atoms with Crippen molar-refractivity contribution in [3.63, 3.8) is 0 Å². The van der Waals surface area contributed by atoms with Crippen LogP contribution in [0.25, 0.3) is 0 Å². The van der Waals surface area contributed by atoms with Gasteiger partial charge in [0, 0.05) is 25.7 Å². The van der Waals surface area contributed by atoms with Crippen molar-refractivity contribution in [3.05, 3.63) is 0 Å². The minimum atomic E-state index is -0.798. The summed E-state index contributed by atoms with van der Waals surface area (Å²) in [5.41, 5.74) is 10.7. The van der Waals surface area contributed by atoms with Crippen molar-refractivity contribution in [2.75, 3.05) is 26.7 Å². The number of nitrogens with zero attached hydrogens (tertiary/aromatic N) is 2. The average molecular weight is 242 g/mol. The zero-order valence-electron chi connectivity index (χ0n) is 10.6. The van der Waals surface area contributed by atoms with Gasteiger partial charge in [-0.15, -0.1) is 0 Å². The number of amides is 2. The van der Waals surface area contributed by atoms with Crippen molar-refractivity contribution in [2.45, 2.75) is 31.8 Å². The predicted octanol–water partition coefficient (Wildman–Crippen LogP) is -1.26. The van der Waals surface area contributed by atoms with E-state index in [2.05, 4.69) is 18.9 Å². The fraction of sp³-hybridized carbons (Fsp3) is 0.818. The molecule has 98 valence electrons. The summed E-state index contributed by atoms with van der Waals surface area (Å²) in [6.07, 6.45) is 0.910. The molecule has 4 N–H and O–H groups in total. The van der Waals surface area contributed by atoms with Gasteiger partial charge in [0.05, 0.1) is 12.5 Å². The Morgan fingerprint density at radius 2 is 2.06 bits per heavy atom. The Hall–Kier alpha value is -1.14. The molecule has 2 unspecified atom stereocenters. The van der Waals surface area contributed by atoms with Gasteiger partial charge in [-0.1, -0.05) is 6.92 Å². The fourth-order valence-electron chi connectivity index (χ4n) is 2.13. The minimum absolute atomic E-state index is 0.0814. The van der Waals surface area contributed by atoms with E-state index in [0.29, 0.717) is 19.1 Å². The number of piperazine rings is 1. The Kier molecular flexibility index (Phi) is 4.89. The fourth-order valence-corrected chi connectivity index (χ4v) is 2.13. The van der Waals surface area contributed by atoms with Crippen LogP contribution in [0.5, 0.6) is 0 Å². The number of nitrogens with two attached hydrogens (primary N) is 2. The van der Waals surface area contributed by atoms with Crippen LogP contribution in [0.2, 0.25) is 0 Å². The van der Waals surface area contributed by atoms with Crippen LogP contribution in [0.4, 0.5) is 0 Å². The predicted molar refractivity (Wildman–Crippen MR) is 65.1 cm³/mol. The highest BCUT2D eigenvalue weighted by Crippen LogP contribution is 2.11. The van der Waals surface area contributed by atoms with E-state index in [4.69, 9.17) is 11.5 Å². The summed E-state index contributed by atoms with van der Waals surface area (Å²) in [5.74, 6) is -0.706. The maximum atomic E-state index is 12.0. The van der Waals surface area contributed by atoms with Crippen molar-refractivity contribution in [1.82, 2.24) is 9.80 Å². The standard InChI is InChI=1S/C11H22N4O2/c1-3-8-7-15(5-4-14(8)2)11(17)9(12)6-10(13)16/h8-9H,3-7,12H2,1-2H3,(H2,13,16). The van der Waals surface area contributed by atoms with Crippen molar-refractivity contribution >= 4 is 11.8 Å². The van der Waals surface area contributed by atoms with Crippen LogP contribution in [-0.2, 0) is 9.59 Å². The van der Waals surface area contributed by atoms with E-state index in [1.165, 1.54) is 0 Å². The monoisotopic (exact) mass is 242 g/mol. The lowest BCUT2D eigenvalue weighted by molar-refractivity contribution is -0.137. The van der Waals surface area contributed by atoms with Gasteiger partial charge in [-0.25, -0.2) is 0 Å². The highest BCUT2D eigenvalue weighted by molar-refractivity contribution is 5.87. The molecule has 0 radical (unpaired) electrons. The number of primary amides is 1. The molecule has 1 heterocycles. The molecule has 0 bridgehead atoms. The molecule has 1 aliphatic rings. The molecule has 1 saturated heterocycles. The van der Waals surface area contributed by atoms with Gasteiger partial charge >= 0.3 is 0 Å². The van der Waals surface area contributed by atoms with Gasteiger partial charge in [-0.3, -0.25) is 14.5 Å². The molecule has 0 aromatic carbocycles. The van der Waals surface area contributed by atoms with Crippen LogP contribution in [0, 0.1) is 0 Å². The molecule has 0 aromatic heterocycles. The van der Waals surface area contributed by atoms with Crippen LogP contribution >= 0.6 is 0 Å². The van der Waals surface area contributed by atoms with Crippen molar-refractivity contribution in [2.24, 2.45) is 11.5 Å². The van der Waals surface area contributed by atoms with Gasteiger partial charge in [0.1, 0.15) is 0 Å². The molecule has 0 spiro atoms. The Bertz CT molecular complexity index is 295. The maximum absolute atomic E-state index is 12.0. The van der Waals surface area contributed by atoms with E-state index in [-0.39, 0.29) is 12.3 Å². The summed E-state index contributed by atoms with van der Waals surface area (Å²) >= 11 is 0. The van der Waals surface area contributed by atoms with Crippen LogP contribution < -0.4 is 11.5 Å². The quantitative estimate of drug-likeness (QED) is 0.643. The molecule has 1 rings (SSSR count). The lowest BCUT2D eigenvalue weighted by Gasteiger charge is -2.39. The average Bonchev–Trinajstić information content (AvgIpc) is 2.27. The lowest BCUT2D eigenvalue weighted by Crippen LogP contribution is -2.56. The van der Waals surface area contributed by atoms with Gasteiger partial charge in [0.25, 0.3) is 0 Å². The third-order valence-electron chi connectivity index (χ3n) is 3.30. The molecule has 0 aliphatic carbocycles. The molecular formula is C11H22N4O2. The molecular weight excluding hydrogens is 220 g/mol. The van der Waals surface area contributed by atoms with E-state index < -0.39 is 11.9 Å². The lowest BCUT2D eigenvalue weighted by atomic mass is 10.1. The van der Waals surface area contributed by atoms with E-state index in [1.54, 1.807) is 4.90 Å². The number of hydrogen-bond acceptors (Lipinski definition) is 4. The third-order valence-corrected chi connectivity index (χ3v) is 3.30. The first-order valence-electron chi connectivity index (χ1n) is 5.98. The molecule has 0 aromatic rings. The normalized spacial score (nSPS) is 23.5. The van der Waals surface area contributed by atoms with Gasteiger partial charge in [-0.2, -0.15) is 0 Å². The van der Waals surface area contributed by atoms with Crippen molar-refractivity contribution in [1.29, 1.82) is 0 Å². The molecule has 2 atom stereocenters. The SMILES string of the molecule is CCC1CN(C(=O)C(N)CC(N)=O)CCN1C. The second-order valence-corrected chi connectivity index (χ2v) is 4.60. The van der Waals surface area contributed by atoms with Gasteiger partial charge < -0.3 is 16.4 Å². The molecule has 0 saturated carbocycles. The number of carbonyl (C=O) groups is 2. The van der Waals surface area contributed by atoms with Crippen molar-refractivity contribution in [3.8, 4) is 0 Å². The molecule has 1 aliphatic heterocycles. The Labute approximate surface area is 102 Å². The summed E-state index contributed by atoms with van der Waals surface area (Å²) in [6, 6.07) is -0.429. The first kappa shape index (κ1) is 13.9. The molecule has 1 fully saturated rings. The summed E-state index contributed by atoms with van der Waals surface area (Å²) in [6.45, 7) is 4.28. The first-order chi connectivity index (χ1) is 7.95. The zero-order valence-corrected chi connectivity index (χ0v) is 10.6. The highest BCUT2D eigenvalue weighted by Gasteiger charge is 2.29. The van der Waals surface area contributed by atoms with Crippen LogP contribution in [0.3, 0.4) is 0 Å². The maximum Gasteiger partial charge on any atom is 0.240 e. The first-order valence-corrected chi connectivity index (χ1v) is 5.98. The largest absolute Gasteiger partial charge is 0.370 e. The highest BCUT2D eigenvalue weighted by atomic mass is 16.2. The number of carbonyl (C=O) groups excluding carboxylic acids is 2. The Morgan fingerprint density at radius 1 is 1.41 bits per heavy atom.